The number of aromatic nitrogens is 2. The molecule has 2 aromatic carbocycles. The van der Waals surface area contributed by atoms with Crippen LogP contribution in [0.15, 0.2) is 58.8 Å². The fraction of sp³-hybridized carbons (Fsp3) is 0.250. The predicted molar refractivity (Wildman–Crippen MR) is 131 cm³/mol. The third-order valence-corrected chi connectivity index (χ3v) is 5.33. The average Bonchev–Trinajstić information content (AvgIpc) is 2.77. The highest BCUT2D eigenvalue weighted by Gasteiger charge is 2.08. The fourth-order valence-electron chi connectivity index (χ4n) is 2.88. The van der Waals surface area contributed by atoms with Gasteiger partial charge in [-0.15, -0.1) is 0 Å². The highest BCUT2D eigenvalue weighted by molar-refractivity contribution is 7.99. The number of aryl methyl sites for hydroxylation is 2. The van der Waals surface area contributed by atoms with Crippen molar-refractivity contribution in [2.24, 2.45) is 5.10 Å². The number of hydrazone groups is 1. The van der Waals surface area contributed by atoms with Crippen molar-refractivity contribution in [3.05, 3.63) is 76.1 Å². The summed E-state index contributed by atoms with van der Waals surface area (Å²) >= 11 is 7.30. The van der Waals surface area contributed by atoms with Crippen LogP contribution < -0.4 is 14.9 Å². The van der Waals surface area contributed by atoms with Crippen molar-refractivity contribution >= 4 is 35.5 Å². The third-order valence-electron chi connectivity index (χ3n) is 4.25. The van der Waals surface area contributed by atoms with Crippen LogP contribution >= 0.6 is 23.4 Å². The van der Waals surface area contributed by atoms with E-state index in [1.165, 1.54) is 11.8 Å². The van der Waals surface area contributed by atoms with E-state index in [1.807, 2.05) is 69.3 Å². The number of amides is 1. The highest BCUT2D eigenvalue weighted by Crippen LogP contribution is 2.29. The van der Waals surface area contributed by atoms with E-state index in [2.05, 4.69) is 20.5 Å². The molecule has 0 fully saturated rings. The number of halogens is 1. The summed E-state index contributed by atoms with van der Waals surface area (Å²) in [6.07, 6.45) is 1.55. The molecule has 33 heavy (non-hydrogen) atoms. The van der Waals surface area contributed by atoms with E-state index in [0.29, 0.717) is 34.9 Å². The van der Waals surface area contributed by atoms with Gasteiger partial charge in [0.15, 0.2) is 16.7 Å². The lowest BCUT2D eigenvalue weighted by Crippen LogP contribution is -2.19. The van der Waals surface area contributed by atoms with Gasteiger partial charge in [-0.25, -0.2) is 15.4 Å². The second-order valence-electron chi connectivity index (χ2n) is 7.07. The molecule has 0 unspecified atom stereocenters. The molecule has 0 saturated heterocycles. The van der Waals surface area contributed by atoms with Crippen molar-refractivity contribution in [2.45, 2.75) is 32.5 Å². The summed E-state index contributed by atoms with van der Waals surface area (Å²) in [6, 6.07) is 14.8. The maximum Gasteiger partial charge on any atom is 0.250 e. The lowest BCUT2D eigenvalue weighted by Gasteiger charge is -2.12. The summed E-state index contributed by atoms with van der Waals surface area (Å²) in [5, 5.41) is 5.27. The van der Waals surface area contributed by atoms with Crippen molar-refractivity contribution in [3.8, 4) is 11.5 Å². The SMILES string of the molecule is CCOc1cc(/C=N\NC(=O)CSc2nc(C)cc(C)n2)ccc1OCc1cccc(Cl)c1. The standard InChI is InChI=1S/C24H25ClN4O3S/c1-4-31-22-12-18(8-9-21(22)32-14-19-6-5-7-20(25)11-19)13-26-29-23(30)15-33-24-27-16(2)10-17(3)28-24/h5-13H,4,14-15H2,1-3H3,(H,29,30)/b26-13-. The van der Waals surface area contributed by atoms with Gasteiger partial charge in [-0.05, 0) is 68.3 Å². The van der Waals surface area contributed by atoms with Gasteiger partial charge in [0.05, 0.1) is 18.6 Å². The van der Waals surface area contributed by atoms with Gasteiger partial charge in [0.1, 0.15) is 6.61 Å². The number of ether oxygens (including phenoxy) is 2. The molecule has 9 heteroatoms. The smallest absolute Gasteiger partial charge is 0.250 e. The zero-order valence-corrected chi connectivity index (χ0v) is 20.2. The zero-order chi connectivity index (χ0) is 23.6. The molecule has 0 spiro atoms. The Morgan fingerprint density at radius 3 is 2.61 bits per heavy atom. The van der Waals surface area contributed by atoms with Crippen molar-refractivity contribution < 1.29 is 14.3 Å². The largest absolute Gasteiger partial charge is 0.490 e. The minimum atomic E-state index is -0.245. The van der Waals surface area contributed by atoms with E-state index in [1.54, 1.807) is 6.21 Å². The van der Waals surface area contributed by atoms with Crippen molar-refractivity contribution in [1.29, 1.82) is 0 Å². The van der Waals surface area contributed by atoms with Gasteiger partial charge in [-0.3, -0.25) is 4.79 Å². The summed E-state index contributed by atoms with van der Waals surface area (Å²) in [5.74, 6) is 1.13. The van der Waals surface area contributed by atoms with Crippen LogP contribution in [0.1, 0.15) is 29.4 Å². The molecule has 0 aliphatic rings. The normalized spacial score (nSPS) is 10.9. The van der Waals surface area contributed by atoms with Crippen LogP contribution in [0.2, 0.25) is 5.02 Å². The Kier molecular flexibility index (Phi) is 9.09. The summed E-state index contributed by atoms with van der Waals surface area (Å²) in [5.41, 5.74) is 5.98. The van der Waals surface area contributed by atoms with Gasteiger partial charge in [0.25, 0.3) is 5.91 Å². The third kappa shape index (κ3) is 8.07. The maximum atomic E-state index is 12.1. The molecule has 0 atom stereocenters. The molecule has 172 valence electrons. The Labute approximate surface area is 202 Å². The van der Waals surface area contributed by atoms with Crippen LogP contribution in [0.25, 0.3) is 0 Å². The minimum absolute atomic E-state index is 0.167. The molecule has 3 aromatic rings. The molecule has 0 bridgehead atoms. The van der Waals surface area contributed by atoms with Crippen LogP contribution in [0.3, 0.4) is 0 Å². The van der Waals surface area contributed by atoms with Gasteiger partial charge in [-0.2, -0.15) is 5.10 Å². The van der Waals surface area contributed by atoms with E-state index in [4.69, 9.17) is 21.1 Å². The van der Waals surface area contributed by atoms with Gasteiger partial charge < -0.3 is 9.47 Å². The van der Waals surface area contributed by atoms with E-state index in [9.17, 15) is 4.79 Å². The quantitative estimate of drug-likeness (QED) is 0.189. The highest BCUT2D eigenvalue weighted by atomic mass is 35.5. The molecule has 0 saturated carbocycles. The summed E-state index contributed by atoms with van der Waals surface area (Å²) < 4.78 is 11.6. The summed E-state index contributed by atoms with van der Waals surface area (Å²) in [4.78, 5) is 20.7. The van der Waals surface area contributed by atoms with Crippen molar-refractivity contribution in [3.63, 3.8) is 0 Å². The van der Waals surface area contributed by atoms with E-state index in [-0.39, 0.29) is 11.7 Å². The fourth-order valence-corrected chi connectivity index (χ4v) is 3.83. The van der Waals surface area contributed by atoms with Crippen LogP contribution in [-0.4, -0.2) is 34.4 Å². The van der Waals surface area contributed by atoms with Crippen LogP contribution in [0.4, 0.5) is 0 Å². The molecule has 1 amide bonds. The number of rotatable bonds is 10. The Bertz CT molecular complexity index is 1120. The van der Waals surface area contributed by atoms with Gasteiger partial charge in [0, 0.05) is 16.4 Å². The first-order valence-electron chi connectivity index (χ1n) is 10.3. The number of carbonyl (C=O) groups is 1. The van der Waals surface area contributed by atoms with Crippen molar-refractivity contribution in [1.82, 2.24) is 15.4 Å². The Balaban J connectivity index is 1.56. The van der Waals surface area contributed by atoms with Crippen LogP contribution in [-0.2, 0) is 11.4 Å². The number of hydrogen-bond donors (Lipinski definition) is 1. The molecule has 1 aromatic heterocycles. The second-order valence-corrected chi connectivity index (χ2v) is 8.45. The number of nitrogens with zero attached hydrogens (tertiary/aromatic N) is 3. The first-order chi connectivity index (χ1) is 15.9. The lowest BCUT2D eigenvalue weighted by molar-refractivity contribution is -0.118. The zero-order valence-electron chi connectivity index (χ0n) is 18.7. The molecule has 1 N–H and O–H groups in total. The second kappa shape index (κ2) is 12.2. The van der Waals surface area contributed by atoms with Gasteiger partial charge in [-0.1, -0.05) is 35.5 Å². The summed E-state index contributed by atoms with van der Waals surface area (Å²) in [7, 11) is 0. The van der Waals surface area contributed by atoms with E-state index < -0.39 is 0 Å². The minimum Gasteiger partial charge on any atom is -0.490 e. The Morgan fingerprint density at radius 1 is 1.09 bits per heavy atom. The lowest BCUT2D eigenvalue weighted by atomic mass is 10.2. The first kappa shape index (κ1) is 24.5. The summed E-state index contributed by atoms with van der Waals surface area (Å²) in [6.45, 7) is 6.55. The van der Waals surface area contributed by atoms with Gasteiger partial charge >= 0.3 is 0 Å². The number of hydrogen-bond acceptors (Lipinski definition) is 7. The maximum absolute atomic E-state index is 12.1. The Morgan fingerprint density at radius 2 is 1.88 bits per heavy atom. The topological polar surface area (TPSA) is 85.7 Å². The Hall–Kier alpha value is -3.10. The van der Waals surface area contributed by atoms with Crippen LogP contribution in [0, 0.1) is 13.8 Å². The molecule has 1 heterocycles. The number of nitrogens with one attached hydrogen (secondary N) is 1. The number of carbonyl (C=O) groups excluding carboxylic acids is 1. The van der Waals surface area contributed by atoms with E-state index >= 15 is 0 Å². The molecule has 0 aliphatic carbocycles. The molecule has 7 nitrogen and oxygen atoms in total. The molecule has 0 aliphatic heterocycles. The molecular formula is C24H25ClN4O3S. The number of thioether (sulfide) groups is 1. The predicted octanol–water partition coefficient (Wildman–Crippen LogP) is 4.97. The molecular weight excluding hydrogens is 460 g/mol. The van der Waals surface area contributed by atoms with E-state index in [0.717, 1.165) is 22.5 Å². The number of benzene rings is 2. The van der Waals surface area contributed by atoms with Crippen molar-refractivity contribution in [2.75, 3.05) is 12.4 Å². The monoisotopic (exact) mass is 484 g/mol. The van der Waals surface area contributed by atoms with Gasteiger partial charge in [0.2, 0.25) is 0 Å². The first-order valence-corrected chi connectivity index (χ1v) is 11.7. The molecule has 0 radical (unpaired) electrons. The molecule has 3 rings (SSSR count). The average molecular weight is 485 g/mol. The van der Waals surface area contributed by atoms with Crippen LogP contribution in [0.5, 0.6) is 11.5 Å².